The number of benzene rings is 1. The van der Waals surface area contributed by atoms with E-state index in [4.69, 9.17) is 10.00 Å². The third-order valence-corrected chi connectivity index (χ3v) is 5.62. The molecule has 0 spiro atoms. The lowest BCUT2D eigenvalue weighted by atomic mass is 10.2. The highest BCUT2D eigenvalue weighted by atomic mass is 32.2. The van der Waals surface area contributed by atoms with E-state index in [1.807, 2.05) is 35.8 Å². The summed E-state index contributed by atoms with van der Waals surface area (Å²) in [5, 5.41) is 23.3. The molecule has 0 aliphatic carbocycles. The Labute approximate surface area is 177 Å². The van der Waals surface area contributed by atoms with Crippen LogP contribution in [0.25, 0.3) is 11.4 Å². The summed E-state index contributed by atoms with van der Waals surface area (Å²) in [6.45, 7) is 6.86. The van der Waals surface area contributed by atoms with Gasteiger partial charge in [-0.1, -0.05) is 17.8 Å². The minimum Gasteiger partial charge on any atom is -0.494 e. The van der Waals surface area contributed by atoms with Gasteiger partial charge in [-0.3, -0.25) is 9.36 Å². The second-order valence-corrected chi connectivity index (χ2v) is 7.63. The van der Waals surface area contributed by atoms with Gasteiger partial charge >= 0.3 is 0 Å². The molecule has 3 aromatic rings. The van der Waals surface area contributed by atoms with Crippen LogP contribution in [0.3, 0.4) is 0 Å². The smallest absolute Gasteiger partial charge is 0.235 e. The van der Waals surface area contributed by atoms with Crippen LogP contribution < -0.4 is 10.1 Å². The molecule has 0 aliphatic heterocycles. The van der Waals surface area contributed by atoms with E-state index in [1.165, 1.54) is 23.1 Å². The lowest BCUT2D eigenvalue weighted by Gasteiger charge is -2.09. The van der Waals surface area contributed by atoms with Crippen molar-refractivity contribution in [3.05, 3.63) is 53.9 Å². The van der Waals surface area contributed by atoms with E-state index >= 15 is 0 Å². The molecule has 148 valence electrons. The molecule has 0 unspecified atom stereocenters. The maximum absolute atomic E-state index is 12.3. The van der Waals surface area contributed by atoms with Crippen LogP contribution in [0, 0.1) is 11.3 Å². The quantitative estimate of drug-likeness (QED) is 0.408. The van der Waals surface area contributed by atoms with Gasteiger partial charge in [0.1, 0.15) is 16.8 Å². The zero-order valence-corrected chi connectivity index (χ0v) is 17.4. The number of nitriles is 1. The molecule has 0 atom stereocenters. The van der Waals surface area contributed by atoms with Gasteiger partial charge in [0.05, 0.1) is 17.9 Å². The number of nitrogens with one attached hydrogen (secondary N) is 1. The number of hydrogen-bond acceptors (Lipinski definition) is 7. The monoisotopic (exact) mass is 425 g/mol. The van der Waals surface area contributed by atoms with Gasteiger partial charge in [-0.25, -0.2) is 0 Å². The zero-order chi connectivity index (χ0) is 20.6. The van der Waals surface area contributed by atoms with Crippen LogP contribution in [0.1, 0.15) is 12.5 Å². The molecule has 1 amide bonds. The fraction of sp³-hybridized carbons (Fsp3) is 0.200. The largest absolute Gasteiger partial charge is 0.494 e. The maximum atomic E-state index is 12.3. The summed E-state index contributed by atoms with van der Waals surface area (Å²) in [6, 6.07) is 11.4. The topological polar surface area (TPSA) is 92.8 Å². The molecule has 0 bridgehead atoms. The molecule has 1 N–H and O–H groups in total. The third kappa shape index (κ3) is 5.04. The van der Waals surface area contributed by atoms with E-state index in [2.05, 4.69) is 28.2 Å². The first-order valence-corrected chi connectivity index (χ1v) is 10.7. The predicted molar refractivity (Wildman–Crippen MR) is 115 cm³/mol. The van der Waals surface area contributed by atoms with E-state index in [-0.39, 0.29) is 11.7 Å². The van der Waals surface area contributed by atoms with Crippen LogP contribution in [0.5, 0.6) is 5.75 Å². The van der Waals surface area contributed by atoms with Crippen LogP contribution in [0.4, 0.5) is 5.00 Å². The second-order valence-electron chi connectivity index (χ2n) is 5.77. The van der Waals surface area contributed by atoms with Crippen molar-refractivity contribution >= 4 is 34.0 Å². The number of amides is 1. The Morgan fingerprint density at radius 1 is 1.38 bits per heavy atom. The molecule has 9 heteroatoms. The van der Waals surface area contributed by atoms with Gasteiger partial charge in [0.25, 0.3) is 0 Å². The third-order valence-electron chi connectivity index (χ3n) is 3.82. The Balaban J connectivity index is 1.72. The Morgan fingerprint density at radius 3 is 2.86 bits per heavy atom. The molecule has 0 radical (unpaired) electrons. The first-order chi connectivity index (χ1) is 14.2. The number of ether oxygens (including phenoxy) is 1. The molecule has 29 heavy (non-hydrogen) atoms. The summed E-state index contributed by atoms with van der Waals surface area (Å²) in [4.78, 5) is 12.3. The highest BCUT2D eigenvalue weighted by Gasteiger charge is 2.16. The molecule has 7 nitrogen and oxygen atoms in total. The molecule has 0 saturated carbocycles. The van der Waals surface area contributed by atoms with Crippen LogP contribution in [-0.2, 0) is 11.3 Å². The number of carbonyl (C=O) groups is 1. The van der Waals surface area contributed by atoms with Crippen LogP contribution in [0.2, 0.25) is 0 Å². The van der Waals surface area contributed by atoms with E-state index < -0.39 is 0 Å². The van der Waals surface area contributed by atoms with Crippen molar-refractivity contribution in [3.8, 4) is 23.2 Å². The number of thioether (sulfide) groups is 1. The fourth-order valence-corrected chi connectivity index (χ4v) is 4.06. The molecule has 2 aromatic heterocycles. The average molecular weight is 426 g/mol. The van der Waals surface area contributed by atoms with Crippen molar-refractivity contribution in [1.29, 1.82) is 5.26 Å². The van der Waals surface area contributed by atoms with Crippen LogP contribution in [0.15, 0.2) is 53.5 Å². The number of aromatic nitrogens is 3. The van der Waals surface area contributed by atoms with E-state index in [0.29, 0.717) is 34.7 Å². The number of nitrogens with zero attached hydrogens (tertiary/aromatic N) is 4. The standard InChI is InChI=1S/C20H19N5O2S2/c1-3-10-25-18(14-5-7-16(8-6-14)27-4-2)23-24-20(25)29-13-17(26)22-19-15(12-21)9-11-28-19/h3,5-9,11H,1,4,10,13H2,2H3,(H,22,26). The number of allylic oxidation sites excluding steroid dienone is 1. The normalized spacial score (nSPS) is 10.3. The first-order valence-electron chi connectivity index (χ1n) is 8.83. The predicted octanol–water partition coefficient (Wildman–Crippen LogP) is 4.19. The Kier molecular flexibility index (Phi) is 7.05. The summed E-state index contributed by atoms with van der Waals surface area (Å²) in [6.07, 6.45) is 1.76. The summed E-state index contributed by atoms with van der Waals surface area (Å²) in [5.41, 5.74) is 1.36. The molecule has 0 fully saturated rings. The summed E-state index contributed by atoms with van der Waals surface area (Å²) < 4.78 is 7.39. The van der Waals surface area contributed by atoms with Crippen molar-refractivity contribution in [2.75, 3.05) is 17.7 Å². The van der Waals surface area contributed by atoms with Crippen molar-refractivity contribution in [3.63, 3.8) is 0 Å². The van der Waals surface area contributed by atoms with Gasteiger partial charge in [-0.15, -0.1) is 28.1 Å². The van der Waals surface area contributed by atoms with Gasteiger partial charge in [0.15, 0.2) is 11.0 Å². The molecule has 2 heterocycles. The Bertz CT molecular complexity index is 1030. The van der Waals surface area contributed by atoms with Gasteiger partial charge < -0.3 is 10.1 Å². The Morgan fingerprint density at radius 2 is 2.17 bits per heavy atom. The zero-order valence-electron chi connectivity index (χ0n) is 15.8. The lowest BCUT2D eigenvalue weighted by Crippen LogP contribution is -2.14. The highest BCUT2D eigenvalue weighted by Crippen LogP contribution is 2.27. The number of anilines is 1. The number of thiophene rings is 1. The summed E-state index contributed by atoms with van der Waals surface area (Å²) in [5.74, 6) is 1.44. The van der Waals surface area contributed by atoms with Gasteiger partial charge in [-0.2, -0.15) is 5.26 Å². The van der Waals surface area contributed by atoms with Crippen molar-refractivity contribution in [2.45, 2.75) is 18.6 Å². The SMILES string of the molecule is C=CCn1c(SCC(=O)Nc2sccc2C#N)nnc1-c1ccc(OCC)cc1. The molecular formula is C20H19N5O2S2. The van der Waals surface area contributed by atoms with Crippen molar-refractivity contribution < 1.29 is 9.53 Å². The minimum absolute atomic E-state index is 0.154. The van der Waals surface area contributed by atoms with Gasteiger partial charge in [0.2, 0.25) is 5.91 Å². The minimum atomic E-state index is -0.204. The number of rotatable bonds is 9. The van der Waals surface area contributed by atoms with Crippen molar-refractivity contribution in [1.82, 2.24) is 14.8 Å². The first kappa shape index (κ1) is 20.6. The van der Waals surface area contributed by atoms with Crippen molar-refractivity contribution in [2.24, 2.45) is 0 Å². The second kappa shape index (κ2) is 9.91. The molecule has 1 aromatic carbocycles. The van der Waals surface area contributed by atoms with Gasteiger partial charge in [-0.05, 0) is 42.6 Å². The molecular weight excluding hydrogens is 406 g/mol. The average Bonchev–Trinajstić information content (AvgIpc) is 3.34. The molecule has 0 saturated heterocycles. The number of hydrogen-bond donors (Lipinski definition) is 1. The maximum Gasteiger partial charge on any atom is 0.235 e. The Hall–Kier alpha value is -3.09. The molecule has 3 rings (SSSR count). The number of carbonyl (C=O) groups excluding carboxylic acids is 1. The van der Waals surface area contributed by atoms with E-state index in [1.54, 1.807) is 17.5 Å². The molecule has 0 aliphatic rings. The van der Waals surface area contributed by atoms with Crippen LogP contribution in [-0.4, -0.2) is 33.0 Å². The lowest BCUT2D eigenvalue weighted by molar-refractivity contribution is -0.113. The van der Waals surface area contributed by atoms with Crippen LogP contribution >= 0.6 is 23.1 Å². The summed E-state index contributed by atoms with van der Waals surface area (Å²) >= 11 is 2.60. The highest BCUT2D eigenvalue weighted by molar-refractivity contribution is 7.99. The van der Waals surface area contributed by atoms with E-state index in [9.17, 15) is 4.79 Å². The fourth-order valence-electron chi connectivity index (χ4n) is 2.56. The van der Waals surface area contributed by atoms with E-state index in [0.717, 1.165) is 11.3 Å². The summed E-state index contributed by atoms with van der Waals surface area (Å²) in [7, 11) is 0. The van der Waals surface area contributed by atoms with Gasteiger partial charge in [0, 0.05) is 12.1 Å².